The van der Waals surface area contributed by atoms with Crippen LogP contribution in [-0.2, 0) is 4.79 Å². The molecule has 0 spiro atoms. The predicted molar refractivity (Wildman–Crippen MR) is 87.2 cm³/mol. The van der Waals surface area contributed by atoms with Crippen molar-refractivity contribution >= 4 is 35.8 Å². The lowest BCUT2D eigenvalue weighted by Crippen LogP contribution is -2.36. The highest BCUT2D eigenvalue weighted by Crippen LogP contribution is 2.25. The molecule has 6 nitrogen and oxygen atoms in total. The molecule has 1 rings (SSSR count). The van der Waals surface area contributed by atoms with Crippen LogP contribution in [0, 0.1) is 10.1 Å². The number of nitrogens with one attached hydrogen (secondary N) is 2. The fraction of sp³-hybridized carbons (Fsp3) is 0.462. The van der Waals surface area contributed by atoms with Gasteiger partial charge in [0.1, 0.15) is 0 Å². The molecule has 1 aromatic carbocycles. The fourth-order valence-electron chi connectivity index (χ4n) is 1.50. The summed E-state index contributed by atoms with van der Waals surface area (Å²) in [6.07, 6.45) is 0. The number of carbonyl (C=O) groups is 1. The first-order valence-electron chi connectivity index (χ1n) is 6.44. The Morgan fingerprint density at radius 2 is 1.95 bits per heavy atom. The maximum atomic E-state index is 11.8. The average molecular weight is 334 g/mol. The van der Waals surface area contributed by atoms with Gasteiger partial charge in [-0.3, -0.25) is 14.9 Å². The van der Waals surface area contributed by atoms with E-state index in [4.69, 9.17) is 0 Å². The van der Waals surface area contributed by atoms with Crippen LogP contribution in [0.2, 0.25) is 0 Å². The number of hydrogen-bond donors (Lipinski definition) is 2. The summed E-state index contributed by atoms with van der Waals surface area (Å²) in [4.78, 5) is 22.8. The molecule has 0 saturated heterocycles. The molecule has 21 heavy (non-hydrogen) atoms. The number of hydrogen-bond acceptors (Lipinski definition) is 5. The topological polar surface area (TPSA) is 84.3 Å². The standard InChI is InChI=1S/C13H19N3O3S.ClH/c1-3-14-8-9-15-13(17)10(2)20-12-6-4-11(5-7-12)16(18)19;/h4-7,10,14H,3,8-9H2,1-2H3,(H,15,17);1H. The molecule has 1 amide bonds. The third-order valence-electron chi connectivity index (χ3n) is 2.58. The molecule has 0 bridgehead atoms. The molecule has 8 heteroatoms. The molecule has 118 valence electrons. The van der Waals surface area contributed by atoms with Crippen LogP contribution in [0.1, 0.15) is 13.8 Å². The van der Waals surface area contributed by atoms with Crippen molar-refractivity contribution in [3.63, 3.8) is 0 Å². The van der Waals surface area contributed by atoms with E-state index in [0.717, 1.165) is 18.0 Å². The summed E-state index contributed by atoms with van der Waals surface area (Å²) < 4.78 is 0. The van der Waals surface area contributed by atoms with E-state index >= 15 is 0 Å². The van der Waals surface area contributed by atoms with Crippen molar-refractivity contribution in [2.75, 3.05) is 19.6 Å². The molecule has 0 aliphatic rings. The van der Waals surface area contributed by atoms with Gasteiger partial charge in [0.15, 0.2) is 0 Å². The minimum atomic E-state index is -0.439. The average Bonchev–Trinajstić information content (AvgIpc) is 2.44. The number of non-ortho nitro benzene ring substituents is 1. The van der Waals surface area contributed by atoms with Gasteiger partial charge >= 0.3 is 0 Å². The summed E-state index contributed by atoms with van der Waals surface area (Å²) in [5.74, 6) is -0.0359. The molecule has 2 N–H and O–H groups in total. The first-order chi connectivity index (χ1) is 9.54. The summed E-state index contributed by atoms with van der Waals surface area (Å²) in [5, 5.41) is 16.3. The first-order valence-corrected chi connectivity index (χ1v) is 7.32. The van der Waals surface area contributed by atoms with E-state index in [1.54, 1.807) is 12.1 Å². The Balaban J connectivity index is 0.00000400. The second kappa shape index (κ2) is 10.4. The number of likely N-dealkylation sites (N-methyl/N-ethyl adjacent to an activating group) is 1. The third-order valence-corrected chi connectivity index (χ3v) is 3.69. The van der Waals surface area contributed by atoms with Crippen LogP contribution in [0.5, 0.6) is 0 Å². The highest BCUT2D eigenvalue weighted by Gasteiger charge is 2.14. The van der Waals surface area contributed by atoms with Gasteiger partial charge in [-0.25, -0.2) is 0 Å². The van der Waals surface area contributed by atoms with Gasteiger partial charge in [-0.1, -0.05) is 6.92 Å². The lowest BCUT2D eigenvalue weighted by Gasteiger charge is -2.12. The van der Waals surface area contributed by atoms with Crippen LogP contribution in [0.3, 0.4) is 0 Å². The summed E-state index contributed by atoms with van der Waals surface area (Å²) in [5.41, 5.74) is 0.0529. The lowest BCUT2D eigenvalue weighted by molar-refractivity contribution is -0.384. The zero-order valence-electron chi connectivity index (χ0n) is 12.0. The van der Waals surface area contributed by atoms with Crippen molar-refractivity contribution in [1.29, 1.82) is 0 Å². The van der Waals surface area contributed by atoms with Gasteiger partial charge in [-0.05, 0) is 25.6 Å². The van der Waals surface area contributed by atoms with E-state index < -0.39 is 4.92 Å². The number of nitrogens with zero attached hydrogens (tertiary/aromatic N) is 1. The van der Waals surface area contributed by atoms with E-state index in [9.17, 15) is 14.9 Å². The zero-order valence-corrected chi connectivity index (χ0v) is 13.6. The fourth-order valence-corrected chi connectivity index (χ4v) is 2.39. The molecule has 1 unspecified atom stereocenters. The molecule has 0 aromatic heterocycles. The number of rotatable bonds is 8. The Morgan fingerprint density at radius 1 is 1.33 bits per heavy atom. The molecule has 1 aromatic rings. The number of nitro groups is 1. The van der Waals surface area contributed by atoms with E-state index in [1.807, 2.05) is 13.8 Å². The molecule has 1 atom stereocenters. The number of carbonyl (C=O) groups excluding carboxylic acids is 1. The molecule has 0 aliphatic carbocycles. The van der Waals surface area contributed by atoms with Crippen molar-refractivity contribution < 1.29 is 9.72 Å². The highest BCUT2D eigenvalue weighted by molar-refractivity contribution is 8.00. The zero-order chi connectivity index (χ0) is 15.0. The van der Waals surface area contributed by atoms with Crippen LogP contribution >= 0.6 is 24.2 Å². The van der Waals surface area contributed by atoms with Crippen LogP contribution in [0.4, 0.5) is 5.69 Å². The number of halogens is 1. The quantitative estimate of drug-likeness (QED) is 0.330. The van der Waals surface area contributed by atoms with Crippen molar-refractivity contribution in [2.24, 2.45) is 0 Å². The Bertz CT molecular complexity index is 456. The minimum Gasteiger partial charge on any atom is -0.354 e. The summed E-state index contributed by atoms with van der Waals surface area (Å²) in [6, 6.07) is 6.20. The van der Waals surface area contributed by atoms with Crippen molar-refractivity contribution in [2.45, 2.75) is 24.0 Å². The van der Waals surface area contributed by atoms with Crippen LogP contribution in [-0.4, -0.2) is 35.7 Å². The SMILES string of the molecule is CCNCCNC(=O)C(C)Sc1ccc([N+](=O)[O-])cc1.Cl. The van der Waals surface area contributed by atoms with Crippen molar-refractivity contribution in [3.05, 3.63) is 34.4 Å². The van der Waals surface area contributed by atoms with Crippen LogP contribution < -0.4 is 10.6 Å². The predicted octanol–water partition coefficient (Wildman–Crippen LogP) is 2.22. The lowest BCUT2D eigenvalue weighted by atomic mass is 10.3. The molecule has 0 fully saturated rings. The van der Waals surface area contributed by atoms with Gasteiger partial charge in [-0.15, -0.1) is 24.2 Å². The molecule has 0 radical (unpaired) electrons. The van der Waals surface area contributed by atoms with E-state index in [1.165, 1.54) is 23.9 Å². The minimum absolute atomic E-state index is 0. The first kappa shape index (κ1) is 19.7. The molecule has 0 heterocycles. The maximum Gasteiger partial charge on any atom is 0.269 e. The highest BCUT2D eigenvalue weighted by atomic mass is 35.5. The summed E-state index contributed by atoms with van der Waals surface area (Å²) in [6.45, 7) is 6.04. The number of amides is 1. The van der Waals surface area contributed by atoms with Gasteiger partial charge in [-0.2, -0.15) is 0 Å². The van der Waals surface area contributed by atoms with Gasteiger partial charge in [0.2, 0.25) is 5.91 Å². The number of benzene rings is 1. The maximum absolute atomic E-state index is 11.8. The molecule has 0 saturated carbocycles. The Hall–Kier alpha value is -1.31. The van der Waals surface area contributed by atoms with Gasteiger partial charge in [0.05, 0.1) is 10.2 Å². The number of nitro benzene ring substituents is 1. The largest absolute Gasteiger partial charge is 0.354 e. The van der Waals surface area contributed by atoms with Crippen molar-refractivity contribution in [3.8, 4) is 0 Å². The molecular weight excluding hydrogens is 314 g/mol. The van der Waals surface area contributed by atoms with Crippen molar-refractivity contribution in [1.82, 2.24) is 10.6 Å². The van der Waals surface area contributed by atoms with Crippen LogP contribution in [0.15, 0.2) is 29.2 Å². The monoisotopic (exact) mass is 333 g/mol. The Morgan fingerprint density at radius 3 is 2.48 bits per heavy atom. The van der Waals surface area contributed by atoms with Gasteiger partial charge in [0, 0.05) is 30.1 Å². The second-order valence-electron chi connectivity index (χ2n) is 4.16. The normalized spacial score (nSPS) is 11.3. The van der Waals surface area contributed by atoms with Gasteiger partial charge < -0.3 is 10.6 Å². The van der Waals surface area contributed by atoms with E-state index in [0.29, 0.717) is 6.54 Å². The Kier molecular flexibility index (Phi) is 9.77. The molecular formula is C13H20ClN3O3S. The van der Waals surface area contributed by atoms with E-state index in [-0.39, 0.29) is 29.3 Å². The third kappa shape index (κ3) is 7.31. The summed E-state index contributed by atoms with van der Waals surface area (Å²) >= 11 is 1.38. The second-order valence-corrected chi connectivity index (χ2v) is 5.57. The summed E-state index contributed by atoms with van der Waals surface area (Å²) in [7, 11) is 0. The van der Waals surface area contributed by atoms with Crippen LogP contribution in [0.25, 0.3) is 0 Å². The van der Waals surface area contributed by atoms with E-state index in [2.05, 4.69) is 10.6 Å². The Labute approximate surface area is 134 Å². The number of thioether (sulfide) groups is 1. The molecule has 0 aliphatic heterocycles. The van der Waals surface area contributed by atoms with Gasteiger partial charge in [0.25, 0.3) is 5.69 Å². The smallest absolute Gasteiger partial charge is 0.269 e.